The quantitative estimate of drug-likeness (QED) is 0.786. The van der Waals surface area contributed by atoms with E-state index in [1.807, 2.05) is 11.2 Å². The summed E-state index contributed by atoms with van der Waals surface area (Å²) >= 11 is 1.64. The Hall–Kier alpha value is -1.63. The van der Waals surface area contributed by atoms with Gasteiger partial charge in [-0.3, -0.25) is 9.59 Å². The Morgan fingerprint density at radius 3 is 2.77 bits per heavy atom. The van der Waals surface area contributed by atoms with Crippen molar-refractivity contribution in [2.75, 3.05) is 31.6 Å². The first kappa shape index (κ1) is 19.1. The van der Waals surface area contributed by atoms with E-state index >= 15 is 0 Å². The van der Waals surface area contributed by atoms with Gasteiger partial charge in [0.15, 0.2) is 11.6 Å². The Bertz CT molecular complexity index is 700. The van der Waals surface area contributed by atoms with Gasteiger partial charge in [0.2, 0.25) is 11.8 Å². The van der Waals surface area contributed by atoms with E-state index in [4.69, 9.17) is 0 Å². The molecular formula is C19H24F2N2O2S. The highest BCUT2D eigenvalue weighted by molar-refractivity contribution is 7.98. The second kappa shape index (κ2) is 7.94. The molecule has 2 fully saturated rings. The van der Waals surface area contributed by atoms with E-state index in [2.05, 4.69) is 0 Å². The molecule has 7 heteroatoms. The van der Waals surface area contributed by atoms with E-state index in [0.29, 0.717) is 38.0 Å². The fourth-order valence-electron chi connectivity index (χ4n) is 3.97. The second-order valence-corrected chi connectivity index (χ2v) is 8.15. The molecule has 0 N–H and O–H groups in total. The Morgan fingerprint density at radius 1 is 1.23 bits per heavy atom. The van der Waals surface area contributed by atoms with Crippen molar-refractivity contribution >= 4 is 23.6 Å². The lowest BCUT2D eigenvalue weighted by Gasteiger charge is -2.39. The molecule has 4 nitrogen and oxygen atoms in total. The summed E-state index contributed by atoms with van der Waals surface area (Å²) in [6.45, 7) is 1.99. The molecule has 1 atom stereocenters. The minimum atomic E-state index is -0.895. The third kappa shape index (κ3) is 3.87. The molecule has 3 rings (SSSR count). The number of thioether (sulfide) groups is 1. The van der Waals surface area contributed by atoms with Crippen LogP contribution in [-0.4, -0.2) is 53.3 Å². The van der Waals surface area contributed by atoms with E-state index < -0.39 is 17.0 Å². The predicted molar refractivity (Wildman–Crippen MR) is 97.6 cm³/mol. The zero-order valence-electron chi connectivity index (χ0n) is 15.0. The van der Waals surface area contributed by atoms with Crippen LogP contribution >= 0.6 is 11.8 Å². The summed E-state index contributed by atoms with van der Waals surface area (Å²) in [5.74, 6) is -0.840. The van der Waals surface area contributed by atoms with Gasteiger partial charge in [-0.2, -0.15) is 11.8 Å². The number of amides is 2. The highest BCUT2D eigenvalue weighted by atomic mass is 32.2. The lowest BCUT2D eigenvalue weighted by molar-refractivity contribution is -0.146. The SMILES string of the molecule is CSCCC(=O)N1CCC2(CCCN(Cc3ccc(F)c(F)c3)C2=O)C1. The maximum atomic E-state index is 13.4. The normalized spacial score (nSPS) is 23.1. The predicted octanol–water partition coefficient (Wildman–Crippen LogP) is 3.06. The second-order valence-electron chi connectivity index (χ2n) is 7.17. The van der Waals surface area contributed by atoms with Crippen molar-refractivity contribution in [3.63, 3.8) is 0 Å². The Kier molecular flexibility index (Phi) is 5.85. The van der Waals surface area contributed by atoms with Gasteiger partial charge >= 0.3 is 0 Å². The van der Waals surface area contributed by atoms with E-state index in [0.717, 1.165) is 30.7 Å². The van der Waals surface area contributed by atoms with E-state index in [1.54, 1.807) is 16.7 Å². The van der Waals surface area contributed by atoms with Gasteiger partial charge in [0.05, 0.1) is 5.41 Å². The van der Waals surface area contributed by atoms with Crippen LogP contribution in [0.2, 0.25) is 0 Å². The van der Waals surface area contributed by atoms with Gasteiger partial charge in [0, 0.05) is 38.4 Å². The molecule has 0 radical (unpaired) electrons. The number of halogens is 2. The summed E-state index contributed by atoms with van der Waals surface area (Å²) in [4.78, 5) is 28.9. The van der Waals surface area contributed by atoms with Crippen LogP contribution in [0.5, 0.6) is 0 Å². The van der Waals surface area contributed by atoms with Crippen molar-refractivity contribution in [3.8, 4) is 0 Å². The largest absolute Gasteiger partial charge is 0.342 e. The molecule has 0 bridgehead atoms. The van der Waals surface area contributed by atoms with Gasteiger partial charge in [-0.1, -0.05) is 6.07 Å². The standard InChI is InChI=1S/C19H24F2N2O2S/c1-26-10-5-17(24)23-9-7-19(13-23)6-2-8-22(18(19)25)12-14-3-4-15(20)16(21)11-14/h3-4,11H,2,5-10,12-13H2,1H3. The maximum absolute atomic E-state index is 13.4. The molecule has 2 aliphatic heterocycles. The number of hydrogen-bond donors (Lipinski definition) is 0. The zero-order chi connectivity index (χ0) is 18.7. The first-order valence-electron chi connectivity index (χ1n) is 8.95. The van der Waals surface area contributed by atoms with E-state index in [1.165, 1.54) is 6.07 Å². The Labute approximate surface area is 156 Å². The maximum Gasteiger partial charge on any atom is 0.230 e. The van der Waals surface area contributed by atoms with Gasteiger partial charge in [-0.05, 0) is 43.2 Å². The van der Waals surface area contributed by atoms with Crippen LogP contribution in [0.25, 0.3) is 0 Å². The molecule has 2 saturated heterocycles. The molecule has 1 aromatic rings. The summed E-state index contributed by atoms with van der Waals surface area (Å²) in [5.41, 5.74) is 0.0754. The van der Waals surface area contributed by atoms with Gasteiger partial charge in [-0.25, -0.2) is 8.78 Å². The van der Waals surface area contributed by atoms with Crippen molar-refractivity contribution in [2.24, 2.45) is 5.41 Å². The fourth-order valence-corrected chi connectivity index (χ4v) is 4.35. The molecule has 0 aliphatic carbocycles. The number of carbonyl (C=O) groups is 2. The summed E-state index contributed by atoms with van der Waals surface area (Å²) in [6, 6.07) is 3.76. The highest BCUT2D eigenvalue weighted by Crippen LogP contribution is 2.40. The summed E-state index contributed by atoms with van der Waals surface area (Å²) < 4.78 is 26.5. The lowest BCUT2D eigenvalue weighted by atomic mass is 9.78. The van der Waals surface area contributed by atoms with Crippen molar-refractivity contribution in [1.82, 2.24) is 9.80 Å². The number of piperidine rings is 1. The third-order valence-electron chi connectivity index (χ3n) is 5.41. The number of rotatable bonds is 5. The van der Waals surface area contributed by atoms with Gasteiger partial charge in [0.25, 0.3) is 0 Å². The number of nitrogens with zero attached hydrogens (tertiary/aromatic N) is 2. The van der Waals surface area contributed by atoms with E-state index in [-0.39, 0.29) is 18.4 Å². The van der Waals surface area contributed by atoms with Crippen LogP contribution in [0.15, 0.2) is 18.2 Å². The number of likely N-dealkylation sites (tertiary alicyclic amines) is 2. The van der Waals surface area contributed by atoms with Crippen molar-refractivity contribution in [2.45, 2.75) is 32.2 Å². The summed E-state index contributed by atoms with van der Waals surface area (Å²) in [5, 5.41) is 0. The molecule has 1 aromatic carbocycles. The van der Waals surface area contributed by atoms with Gasteiger partial charge < -0.3 is 9.80 Å². The molecular weight excluding hydrogens is 358 g/mol. The van der Waals surface area contributed by atoms with Crippen LogP contribution in [0.4, 0.5) is 8.78 Å². The lowest BCUT2D eigenvalue weighted by Crippen LogP contribution is -2.50. The van der Waals surface area contributed by atoms with Crippen molar-refractivity contribution in [1.29, 1.82) is 0 Å². The fraction of sp³-hybridized carbons (Fsp3) is 0.579. The smallest absolute Gasteiger partial charge is 0.230 e. The topological polar surface area (TPSA) is 40.6 Å². The molecule has 1 spiro atoms. The van der Waals surface area contributed by atoms with Gasteiger partial charge in [-0.15, -0.1) is 0 Å². The van der Waals surface area contributed by atoms with Crippen molar-refractivity contribution in [3.05, 3.63) is 35.4 Å². The third-order valence-corrected chi connectivity index (χ3v) is 6.02. The van der Waals surface area contributed by atoms with Crippen LogP contribution in [-0.2, 0) is 16.1 Å². The summed E-state index contributed by atoms with van der Waals surface area (Å²) in [7, 11) is 0. The molecule has 0 saturated carbocycles. The van der Waals surface area contributed by atoms with Crippen LogP contribution in [0.3, 0.4) is 0 Å². The van der Waals surface area contributed by atoms with Crippen LogP contribution in [0.1, 0.15) is 31.2 Å². The Morgan fingerprint density at radius 2 is 2.04 bits per heavy atom. The first-order chi connectivity index (χ1) is 12.4. The van der Waals surface area contributed by atoms with Crippen molar-refractivity contribution < 1.29 is 18.4 Å². The molecule has 2 amide bonds. The van der Waals surface area contributed by atoms with Crippen LogP contribution < -0.4 is 0 Å². The summed E-state index contributed by atoms with van der Waals surface area (Å²) in [6.07, 6.45) is 4.81. The molecule has 1 unspecified atom stereocenters. The average Bonchev–Trinajstić information content (AvgIpc) is 3.05. The van der Waals surface area contributed by atoms with E-state index in [9.17, 15) is 18.4 Å². The number of carbonyl (C=O) groups excluding carboxylic acids is 2. The minimum absolute atomic E-state index is 0.0358. The zero-order valence-corrected chi connectivity index (χ0v) is 15.8. The Balaban J connectivity index is 1.67. The highest BCUT2D eigenvalue weighted by Gasteiger charge is 2.49. The monoisotopic (exact) mass is 382 g/mol. The van der Waals surface area contributed by atoms with Crippen LogP contribution in [0, 0.1) is 17.0 Å². The average molecular weight is 382 g/mol. The number of hydrogen-bond acceptors (Lipinski definition) is 3. The van der Waals surface area contributed by atoms with Gasteiger partial charge in [0.1, 0.15) is 0 Å². The first-order valence-corrected chi connectivity index (χ1v) is 10.3. The number of benzene rings is 1. The molecule has 26 heavy (non-hydrogen) atoms. The molecule has 2 heterocycles. The molecule has 0 aromatic heterocycles. The minimum Gasteiger partial charge on any atom is -0.342 e. The molecule has 2 aliphatic rings. The molecule has 142 valence electrons.